The van der Waals surface area contributed by atoms with Crippen LogP contribution in [0.3, 0.4) is 0 Å². The number of para-hydroxylation sites is 1. The topological polar surface area (TPSA) is 74.5 Å². The number of hydrogen-bond donors (Lipinski definition) is 2. The van der Waals surface area contributed by atoms with Gasteiger partial charge < -0.3 is 19.9 Å². The molecule has 0 amide bonds. The van der Waals surface area contributed by atoms with E-state index in [-0.39, 0.29) is 12.0 Å². The van der Waals surface area contributed by atoms with Crippen molar-refractivity contribution in [3.05, 3.63) is 29.8 Å². The molecule has 20 heavy (non-hydrogen) atoms. The molecule has 5 heteroatoms. The molecule has 1 aromatic rings. The van der Waals surface area contributed by atoms with Crippen LogP contribution >= 0.6 is 0 Å². The zero-order valence-electron chi connectivity index (χ0n) is 11.6. The maximum atomic E-state index is 9.86. The van der Waals surface area contributed by atoms with Crippen LogP contribution < -0.4 is 10.1 Å². The van der Waals surface area contributed by atoms with E-state index in [1.165, 1.54) is 0 Å². The molecule has 1 atom stereocenters. The molecule has 1 aliphatic rings. The van der Waals surface area contributed by atoms with Crippen LogP contribution in [0.25, 0.3) is 0 Å². The van der Waals surface area contributed by atoms with Gasteiger partial charge in [0, 0.05) is 18.5 Å². The van der Waals surface area contributed by atoms with Crippen molar-refractivity contribution < 1.29 is 14.6 Å². The van der Waals surface area contributed by atoms with Crippen LogP contribution in [0.2, 0.25) is 0 Å². The van der Waals surface area contributed by atoms with Crippen molar-refractivity contribution in [1.82, 2.24) is 5.32 Å². The highest BCUT2D eigenvalue weighted by molar-refractivity contribution is 5.42. The van der Waals surface area contributed by atoms with Gasteiger partial charge in [-0.3, -0.25) is 0 Å². The molecule has 0 aliphatic carbocycles. The molecule has 0 saturated carbocycles. The molecule has 1 aromatic carbocycles. The van der Waals surface area contributed by atoms with Gasteiger partial charge in [-0.1, -0.05) is 19.1 Å². The summed E-state index contributed by atoms with van der Waals surface area (Å²) in [4.78, 5) is 0. The number of ether oxygens (including phenoxy) is 2. The first-order chi connectivity index (χ1) is 9.63. The Labute approximate surface area is 119 Å². The fourth-order valence-electron chi connectivity index (χ4n) is 2.02. The lowest BCUT2D eigenvalue weighted by Crippen LogP contribution is -2.48. The zero-order chi connectivity index (χ0) is 14.4. The molecule has 0 bridgehead atoms. The van der Waals surface area contributed by atoms with Crippen molar-refractivity contribution in [1.29, 1.82) is 5.26 Å². The summed E-state index contributed by atoms with van der Waals surface area (Å²) in [6.45, 7) is 5.13. The Bertz CT molecular complexity index is 480. The highest BCUT2D eigenvalue weighted by Gasteiger charge is 2.32. The van der Waals surface area contributed by atoms with Gasteiger partial charge in [-0.05, 0) is 12.1 Å². The number of benzene rings is 1. The second-order valence-corrected chi connectivity index (χ2v) is 5.51. The molecular weight excluding hydrogens is 256 g/mol. The minimum Gasteiger partial charge on any atom is -0.489 e. The lowest BCUT2D eigenvalue weighted by Gasteiger charge is -2.38. The quantitative estimate of drug-likeness (QED) is 0.775. The van der Waals surface area contributed by atoms with E-state index in [1.54, 1.807) is 24.3 Å². The van der Waals surface area contributed by atoms with Gasteiger partial charge in [-0.25, -0.2) is 0 Å². The summed E-state index contributed by atoms with van der Waals surface area (Å²) in [6, 6.07) is 9.07. The van der Waals surface area contributed by atoms with E-state index in [4.69, 9.17) is 14.7 Å². The number of hydrogen-bond acceptors (Lipinski definition) is 5. The molecule has 0 spiro atoms. The van der Waals surface area contributed by atoms with Crippen molar-refractivity contribution in [3.8, 4) is 11.8 Å². The fourth-order valence-corrected chi connectivity index (χ4v) is 2.02. The molecule has 1 fully saturated rings. The summed E-state index contributed by atoms with van der Waals surface area (Å²) in [5.41, 5.74) is 0.667. The molecule has 1 saturated heterocycles. The summed E-state index contributed by atoms with van der Waals surface area (Å²) in [7, 11) is 0. The molecule has 1 unspecified atom stereocenters. The third-order valence-corrected chi connectivity index (χ3v) is 3.27. The highest BCUT2D eigenvalue weighted by Crippen LogP contribution is 2.24. The molecule has 0 radical (unpaired) electrons. The van der Waals surface area contributed by atoms with Gasteiger partial charge in [-0.2, -0.15) is 5.26 Å². The summed E-state index contributed by atoms with van der Waals surface area (Å²) >= 11 is 0. The predicted octanol–water partition coefficient (Wildman–Crippen LogP) is 0.924. The first-order valence-electron chi connectivity index (χ1n) is 6.71. The van der Waals surface area contributed by atoms with Crippen LogP contribution in [0.5, 0.6) is 5.75 Å². The summed E-state index contributed by atoms with van der Waals surface area (Å²) in [6.07, 6.45) is -0.605. The Kier molecular flexibility index (Phi) is 4.96. The molecular formula is C15H20N2O3. The number of aliphatic hydroxyl groups excluding tert-OH is 1. The molecule has 2 rings (SSSR count). The Balaban J connectivity index is 1.69. The number of nitrogens with one attached hydrogen (secondary N) is 1. The third-order valence-electron chi connectivity index (χ3n) is 3.27. The maximum Gasteiger partial charge on any atom is 0.137 e. The zero-order valence-corrected chi connectivity index (χ0v) is 11.6. The Morgan fingerprint density at radius 3 is 2.90 bits per heavy atom. The van der Waals surface area contributed by atoms with Gasteiger partial charge in [0.2, 0.25) is 0 Å². The smallest absolute Gasteiger partial charge is 0.137 e. The number of aliphatic hydroxyl groups is 1. The van der Waals surface area contributed by atoms with Crippen LogP contribution in [0.15, 0.2) is 24.3 Å². The average Bonchev–Trinajstić information content (AvgIpc) is 2.43. The van der Waals surface area contributed by atoms with Crippen molar-refractivity contribution >= 4 is 0 Å². The Hall–Kier alpha value is -1.61. The van der Waals surface area contributed by atoms with Crippen LogP contribution in [-0.2, 0) is 4.74 Å². The van der Waals surface area contributed by atoms with E-state index in [2.05, 4.69) is 18.3 Å². The maximum absolute atomic E-state index is 9.86. The van der Waals surface area contributed by atoms with Gasteiger partial charge in [0.05, 0.1) is 18.8 Å². The van der Waals surface area contributed by atoms with Gasteiger partial charge in [0.25, 0.3) is 0 Å². The Morgan fingerprint density at radius 1 is 1.50 bits per heavy atom. The SMILES string of the molecule is CC1(CNCC(O)COc2ccccc2C#N)COC1. The molecule has 1 aliphatic heterocycles. The van der Waals surface area contributed by atoms with E-state index in [1.807, 2.05) is 0 Å². The van der Waals surface area contributed by atoms with Crippen molar-refractivity contribution in [2.24, 2.45) is 5.41 Å². The summed E-state index contributed by atoms with van der Waals surface area (Å²) in [5.74, 6) is 0.508. The van der Waals surface area contributed by atoms with Gasteiger partial charge >= 0.3 is 0 Å². The average molecular weight is 276 g/mol. The number of nitrogens with zero attached hydrogens (tertiary/aromatic N) is 1. The normalized spacial score (nSPS) is 17.9. The first-order valence-corrected chi connectivity index (χ1v) is 6.71. The van der Waals surface area contributed by atoms with E-state index in [9.17, 15) is 5.11 Å². The summed E-state index contributed by atoms with van der Waals surface area (Å²) in [5, 5.41) is 22.0. The van der Waals surface area contributed by atoms with Gasteiger partial charge in [-0.15, -0.1) is 0 Å². The van der Waals surface area contributed by atoms with E-state index < -0.39 is 6.10 Å². The molecule has 0 aromatic heterocycles. The molecule has 2 N–H and O–H groups in total. The van der Waals surface area contributed by atoms with E-state index in [0.717, 1.165) is 19.8 Å². The minimum absolute atomic E-state index is 0.166. The minimum atomic E-state index is -0.605. The first kappa shape index (κ1) is 14.8. The van der Waals surface area contributed by atoms with Crippen molar-refractivity contribution in [2.75, 3.05) is 32.9 Å². The number of rotatable bonds is 7. The Morgan fingerprint density at radius 2 is 2.25 bits per heavy atom. The lowest BCUT2D eigenvalue weighted by molar-refractivity contribution is -0.0997. The molecule has 5 nitrogen and oxygen atoms in total. The van der Waals surface area contributed by atoms with Crippen molar-refractivity contribution in [2.45, 2.75) is 13.0 Å². The standard InChI is InChI=1S/C15H20N2O3/c1-15(10-19-11-15)9-17-7-13(18)8-20-14-5-3-2-4-12(14)6-16/h2-5,13,17-18H,7-11H2,1H3. The lowest BCUT2D eigenvalue weighted by atomic mass is 9.89. The van der Waals surface area contributed by atoms with Crippen LogP contribution in [0.1, 0.15) is 12.5 Å². The second-order valence-electron chi connectivity index (χ2n) is 5.51. The predicted molar refractivity (Wildman–Crippen MR) is 74.5 cm³/mol. The van der Waals surface area contributed by atoms with E-state index in [0.29, 0.717) is 17.9 Å². The second kappa shape index (κ2) is 6.71. The van der Waals surface area contributed by atoms with Crippen LogP contribution in [-0.4, -0.2) is 44.1 Å². The van der Waals surface area contributed by atoms with Gasteiger partial charge in [0.15, 0.2) is 0 Å². The van der Waals surface area contributed by atoms with Crippen LogP contribution in [0, 0.1) is 16.7 Å². The monoisotopic (exact) mass is 276 g/mol. The number of nitriles is 1. The fraction of sp³-hybridized carbons (Fsp3) is 0.533. The van der Waals surface area contributed by atoms with Crippen molar-refractivity contribution in [3.63, 3.8) is 0 Å². The highest BCUT2D eigenvalue weighted by atomic mass is 16.5. The largest absolute Gasteiger partial charge is 0.489 e. The third kappa shape index (κ3) is 3.94. The summed E-state index contributed by atoms with van der Waals surface area (Å²) < 4.78 is 10.6. The molecule has 1 heterocycles. The van der Waals surface area contributed by atoms with Gasteiger partial charge in [0.1, 0.15) is 24.5 Å². The van der Waals surface area contributed by atoms with Crippen LogP contribution in [0.4, 0.5) is 0 Å². The van der Waals surface area contributed by atoms with E-state index >= 15 is 0 Å². The molecule has 108 valence electrons.